The fourth-order valence-corrected chi connectivity index (χ4v) is 2.06. The van der Waals surface area contributed by atoms with Gasteiger partial charge in [-0.3, -0.25) is 0 Å². The van der Waals surface area contributed by atoms with E-state index in [0.29, 0.717) is 31.2 Å². The van der Waals surface area contributed by atoms with E-state index in [2.05, 4.69) is 10.6 Å². The maximum atomic E-state index is 11.7. The number of methoxy groups -OCH3 is 1. The zero-order valence-corrected chi connectivity index (χ0v) is 13.5. The minimum Gasteiger partial charge on any atom is -0.493 e. The highest BCUT2D eigenvalue weighted by molar-refractivity contribution is 5.73. The number of urea groups is 1. The highest BCUT2D eigenvalue weighted by atomic mass is 16.5. The summed E-state index contributed by atoms with van der Waals surface area (Å²) in [6.07, 6.45) is 0. The smallest absolute Gasteiger partial charge is 0.315 e. The first-order valence-electron chi connectivity index (χ1n) is 7.52. The monoisotopic (exact) mass is 314 g/mol. The Bertz CT molecular complexity index is 629. The van der Waals surface area contributed by atoms with E-state index in [0.717, 1.165) is 11.1 Å². The summed E-state index contributed by atoms with van der Waals surface area (Å²) in [5.41, 5.74) is 2.16. The number of nitrogens with one attached hydrogen (secondary N) is 2. The maximum Gasteiger partial charge on any atom is 0.315 e. The van der Waals surface area contributed by atoms with Crippen molar-refractivity contribution in [2.45, 2.75) is 13.5 Å². The molecule has 122 valence electrons. The molecule has 0 saturated carbocycles. The van der Waals surface area contributed by atoms with Crippen LogP contribution in [0.15, 0.2) is 48.5 Å². The first-order valence-corrected chi connectivity index (χ1v) is 7.52. The van der Waals surface area contributed by atoms with E-state index in [1.807, 2.05) is 55.5 Å². The zero-order valence-electron chi connectivity index (χ0n) is 13.5. The number of ether oxygens (including phenoxy) is 2. The summed E-state index contributed by atoms with van der Waals surface area (Å²) in [4.78, 5) is 11.7. The molecule has 2 aromatic carbocycles. The van der Waals surface area contributed by atoms with Crippen LogP contribution in [0.1, 0.15) is 11.1 Å². The topological polar surface area (TPSA) is 59.6 Å². The number of rotatable bonds is 7. The van der Waals surface area contributed by atoms with Crippen molar-refractivity contribution >= 4 is 6.03 Å². The lowest BCUT2D eigenvalue weighted by molar-refractivity contribution is 0.235. The number of benzene rings is 2. The van der Waals surface area contributed by atoms with Gasteiger partial charge in [-0.1, -0.05) is 36.4 Å². The quantitative estimate of drug-likeness (QED) is 0.773. The minimum absolute atomic E-state index is 0.215. The highest BCUT2D eigenvalue weighted by Gasteiger charge is 2.05. The summed E-state index contributed by atoms with van der Waals surface area (Å²) >= 11 is 0. The van der Waals surface area contributed by atoms with Crippen LogP contribution in [0.3, 0.4) is 0 Å². The predicted octanol–water partition coefficient (Wildman–Crippen LogP) is 2.88. The van der Waals surface area contributed by atoms with E-state index in [1.54, 1.807) is 7.11 Å². The summed E-state index contributed by atoms with van der Waals surface area (Å²) in [5.74, 6) is 1.36. The van der Waals surface area contributed by atoms with Crippen LogP contribution >= 0.6 is 0 Å². The van der Waals surface area contributed by atoms with Gasteiger partial charge in [0.05, 0.1) is 13.7 Å². The van der Waals surface area contributed by atoms with E-state index in [1.165, 1.54) is 0 Å². The van der Waals surface area contributed by atoms with E-state index >= 15 is 0 Å². The first-order chi connectivity index (χ1) is 11.2. The number of carbonyl (C=O) groups excluding carboxylic acids is 1. The molecule has 0 aliphatic carbocycles. The zero-order chi connectivity index (χ0) is 16.5. The molecule has 0 heterocycles. The molecule has 0 aromatic heterocycles. The molecule has 2 aromatic rings. The SMILES string of the molecule is COc1cc(C)ccc1OCCNC(=O)NCc1ccccc1. The third-order valence-electron chi connectivity index (χ3n) is 3.26. The molecule has 0 unspecified atom stereocenters. The fourth-order valence-electron chi connectivity index (χ4n) is 2.06. The second-order valence-electron chi connectivity index (χ2n) is 5.10. The Labute approximate surface area is 136 Å². The Kier molecular flexibility index (Phi) is 6.29. The Balaban J connectivity index is 1.68. The average Bonchev–Trinajstić information content (AvgIpc) is 2.58. The molecule has 0 bridgehead atoms. The summed E-state index contributed by atoms with van der Waals surface area (Å²) < 4.78 is 10.9. The van der Waals surface area contributed by atoms with Crippen LogP contribution < -0.4 is 20.1 Å². The van der Waals surface area contributed by atoms with Crippen molar-refractivity contribution in [3.8, 4) is 11.5 Å². The van der Waals surface area contributed by atoms with E-state index < -0.39 is 0 Å². The van der Waals surface area contributed by atoms with Crippen molar-refractivity contribution in [3.63, 3.8) is 0 Å². The lowest BCUT2D eigenvalue weighted by atomic mass is 10.2. The molecule has 0 aliphatic rings. The van der Waals surface area contributed by atoms with Crippen molar-refractivity contribution in [2.75, 3.05) is 20.3 Å². The van der Waals surface area contributed by atoms with Crippen molar-refractivity contribution in [1.29, 1.82) is 0 Å². The van der Waals surface area contributed by atoms with Gasteiger partial charge in [0, 0.05) is 6.54 Å². The predicted molar refractivity (Wildman–Crippen MR) is 89.9 cm³/mol. The third-order valence-corrected chi connectivity index (χ3v) is 3.26. The van der Waals surface area contributed by atoms with Gasteiger partial charge in [-0.05, 0) is 30.2 Å². The minimum atomic E-state index is -0.215. The highest BCUT2D eigenvalue weighted by Crippen LogP contribution is 2.27. The van der Waals surface area contributed by atoms with Crippen LogP contribution in [-0.4, -0.2) is 26.3 Å². The standard InChI is InChI=1S/C18H22N2O3/c1-14-8-9-16(17(12-14)22-2)23-11-10-19-18(21)20-13-15-6-4-3-5-7-15/h3-9,12H,10-11,13H2,1-2H3,(H2,19,20,21). The maximum absolute atomic E-state index is 11.7. The molecule has 0 radical (unpaired) electrons. The molecule has 23 heavy (non-hydrogen) atoms. The second kappa shape index (κ2) is 8.68. The van der Waals surface area contributed by atoms with Gasteiger partial charge in [-0.15, -0.1) is 0 Å². The van der Waals surface area contributed by atoms with Gasteiger partial charge < -0.3 is 20.1 Å². The number of amides is 2. The van der Waals surface area contributed by atoms with Gasteiger partial charge in [0.15, 0.2) is 11.5 Å². The molecule has 2 rings (SSSR count). The molecule has 0 spiro atoms. The van der Waals surface area contributed by atoms with Crippen LogP contribution in [0.25, 0.3) is 0 Å². The number of aryl methyl sites for hydroxylation is 1. The van der Waals surface area contributed by atoms with Crippen molar-refractivity contribution in [1.82, 2.24) is 10.6 Å². The van der Waals surface area contributed by atoms with Crippen molar-refractivity contribution in [3.05, 3.63) is 59.7 Å². The van der Waals surface area contributed by atoms with Crippen LogP contribution in [0.5, 0.6) is 11.5 Å². The van der Waals surface area contributed by atoms with Crippen LogP contribution in [0, 0.1) is 6.92 Å². The van der Waals surface area contributed by atoms with Gasteiger partial charge in [0.1, 0.15) is 6.61 Å². The van der Waals surface area contributed by atoms with Crippen molar-refractivity contribution in [2.24, 2.45) is 0 Å². The molecule has 2 amide bonds. The fraction of sp³-hybridized carbons (Fsp3) is 0.278. The number of hydrogen-bond donors (Lipinski definition) is 2. The Morgan fingerprint density at radius 2 is 1.83 bits per heavy atom. The normalized spacial score (nSPS) is 10.0. The molecular weight excluding hydrogens is 292 g/mol. The van der Waals surface area contributed by atoms with Gasteiger partial charge in [-0.25, -0.2) is 4.79 Å². The lowest BCUT2D eigenvalue weighted by Crippen LogP contribution is -2.37. The van der Waals surface area contributed by atoms with Crippen LogP contribution in [0.2, 0.25) is 0 Å². The molecule has 5 heteroatoms. The summed E-state index contributed by atoms with van der Waals surface area (Å²) in [6.45, 7) is 3.28. The number of carbonyl (C=O) groups is 1. The van der Waals surface area contributed by atoms with E-state index in [4.69, 9.17) is 9.47 Å². The molecule has 0 aliphatic heterocycles. The van der Waals surface area contributed by atoms with E-state index in [-0.39, 0.29) is 6.03 Å². The number of hydrogen-bond acceptors (Lipinski definition) is 3. The average molecular weight is 314 g/mol. The summed E-state index contributed by atoms with van der Waals surface area (Å²) in [6, 6.07) is 15.3. The molecule has 0 atom stereocenters. The summed E-state index contributed by atoms with van der Waals surface area (Å²) in [5, 5.41) is 5.55. The molecule has 0 fully saturated rings. The lowest BCUT2D eigenvalue weighted by Gasteiger charge is -2.12. The molecule has 0 saturated heterocycles. The molecule has 5 nitrogen and oxygen atoms in total. The Hall–Kier alpha value is -2.69. The van der Waals surface area contributed by atoms with Crippen molar-refractivity contribution < 1.29 is 14.3 Å². The summed E-state index contributed by atoms with van der Waals surface area (Å²) in [7, 11) is 1.61. The second-order valence-corrected chi connectivity index (χ2v) is 5.10. The first kappa shape index (κ1) is 16.7. The molecule has 2 N–H and O–H groups in total. The van der Waals surface area contributed by atoms with Crippen LogP contribution in [-0.2, 0) is 6.54 Å². The van der Waals surface area contributed by atoms with Crippen LogP contribution in [0.4, 0.5) is 4.79 Å². The van der Waals surface area contributed by atoms with Gasteiger partial charge >= 0.3 is 6.03 Å². The van der Waals surface area contributed by atoms with Gasteiger partial charge in [0.25, 0.3) is 0 Å². The van der Waals surface area contributed by atoms with Gasteiger partial charge in [0.2, 0.25) is 0 Å². The third kappa shape index (κ3) is 5.54. The molecular formula is C18H22N2O3. The largest absolute Gasteiger partial charge is 0.493 e. The Morgan fingerprint density at radius 3 is 2.57 bits per heavy atom. The van der Waals surface area contributed by atoms with Gasteiger partial charge in [-0.2, -0.15) is 0 Å². The Morgan fingerprint density at radius 1 is 1.04 bits per heavy atom. The van der Waals surface area contributed by atoms with E-state index in [9.17, 15) is 4.79 Å².